The Kier molecular flexibility index (Phi) is 28.9. The van der Waals surface area contributed by atoms with Gasteiger partial charge in [0.25, 0.3) is 17.9 Å². The van der Waals surface area contributed by atoms with Crippen molar-refractivity contribution in [2.45, 2.75) is 114 Å². The quantitative estimate of drug-likeness (QED) is 0.0102. The molecule has 1 radical (unpaired) electrons. The molecule has 5 aliphatic rings. The molecule has 6 heterocycles. The van der Waals surface area contributed by atoms with E-state index in [2.05, 4.69) is 41.9 Å². The van der Waals surface area contributed by atoms with E-state index in [9.17, 15) is 57.8 Å². The Bertz CT molecular complexity index is 2920. The van der Waals surface area contributed by atoms with Crippen molar-refractivity contribution >= 4 is 106 Å². The Morgan fingerprint density at radius 3 is 1.86 bits per heavy atom. The van der Waals surface area contributed by atoms with E-state index in [1.54, 1.807) is 32.1 Å². The van der Waals surface area contributed by atoms with Gasteiger partial charge in [0, 0.05) is 92.5 Å². The molecule has 0 bridgehead atoms. The average molecular weight is 1430 g/mol. The summed E-state index contributed by atoms with van der Waals surface area (Å²) in [4.78, 5) is 165. The second kappa shape index (κ2) is 35.4. The third-order valence-electron chi connectivity index (χ3n) is 15.5. The number of nitrogens with two attached hydrogens (primary N) is 2. The van der Waals surface area contributed by atoms with Crippen molar-refractivity contribution in [1.82, 2.24) is 61.4 Å². The summed E-state index contributed by atoms with van der Waals surface area (Å²) in [5, 5.41) is 27.1. The Hall–Kier alpha value is -5.68. The molecule has 33 heteroatoms. The summed E-state index contributed by atoms with van der Waals surface area (Å²) < 4.78 is 16.6. The molecule has 7 rings (SSSR count). The molecule has 90 heavy (non-hydrogen) atoms. The number of H-pyrrole nitrogens is 1. The van der Waals surface area contributed by atoms with E-state index in [-0.39, 0.29) is 191 Å². The molecule has 12 N–H and O–H groups in total. The number of carboxylic acid groups (broad SMARTS) is 1. The summed E-state index contributed by atoms with van der Waals surface area (Å²) >= 11 is 2.82. The summed E-state index contributed by atoms with van der Waals surface area (Å²) in [6.45, 7) is 5.31. The van der Waals surface area contributed by atoms with Gasteiger partial charge in [-0.2, -0.15) is 23.5 Å². The van der Waals surface area contributed by atoms with E-state index in [0.717, 1.165) is 10.9 Å². The Labute approximate surface area is 571 Å². The number of nitrogens with one attached hydrogen (secondary N) is 7. The van der Waals surface area contributed by atoms with Crippen molar-refractivity contribution in [2.24, 2.45) is 22.4 Å². The number of carbonyl (C=O) groups excluding carboxylic acids is 10. The predicted octanol–water partition coefficient (Wildman–Crippen LogP) is -2.32. The summed E-state index contributed by atoms with van der Waals surface area (Å²) in [6.07, 6.45) is 7.34. The van der Waals surface area contributed by atoms with Crippen LogP contribution in [0.4, 0.5) is 0 Å². The number of benzene rings is 1. The van der Waals surface area contributed by atoms with E-state index >= 15 is 0 Å². The van der Waals surface area contributed by atoms with E-state index in [0.29, 0.717) is 29.7 Å². The SMILES string of the molecule is CSCC[C@H](NC(=O)[C@H](Cc1c[nH]c2ccccc12)NC(=O)[C@H](CC(C)C)NC(=O)[C@H](C)NC(=O)[C@H](CCSC)NC(=O)[C@@H]1CCCN1C(=O)CN1CCN2CC(=O)O[C-]2CN2CC(=O)O[C-]2CN2CC(=O)O[C-]2C1)C(=O)N[C@@H](CCCN=C(N)N)C(=O)O.[Eu]. The maximum absolute atomic E-state index is 14.5. The molecule has 0 aliphatic carbocycles. The molecule has 7 amide bonds. The number of likely N-dealkylation sites (tertiary alicyclic amines) is 1. The molecule has 0 saturated carbocycles. The number of aromatic amines is 1. The Morgan fingerprint density at radius 2 is 1.23 bits per heavy atom. The summed E-state index contributed by atoms with van der Waals surface area (Å²) in [5.74, 6) is -7.10. The first-order valence-electron chi connectivity index (χ1n) is 29.6. The van der Waals surface area contributed by atoms with Gasteiger partial charge in [-0.1, -0.05) is 57.3 Å². The summed E-state index contributed by atoms with van der Waals surface area (Å²) in [6, 6.07) is -1.20. The fraction of sp³-hybridized carbons (Fsp3) is 0.596. The molecule has 5 fully saturated rings. The number of rotatable bonds is 29. The van der Waals surface area contributed by atoms with Crippen molar-refractivity contribution in [2.75, 3.05) is 96.0 Å². The van der Waals surface area contributed by atoms with Gasteiger partial charge in [0.2, 0.25) is 41.4 Å². The minimum Gasteiger partial charge on any atom is -0.617 e. The minimum absolute atomic E-state index is 0. The van der Waals surface area contributed by atoms with E-state index in [1.807, 2.05) is 44.4 Å². The first kappa shape index (κ1) is 73.4. The zero-order valence-electron chi connectivity index (χ0n) is 51.0. The molecular weight excluding hydrogens is 1350 g/mol. The molecule has 5 saturated heterocycles. The van der Waals surface area contributed by atoms with Crippen molar-refractivity contribution in [1.29, 1.82) is 0 Å². The first-order chi connectivity index (χ1) is 42.5. The number of nitrogens with zero attached hydrogens (tertiary/aromatic N) is 6. The van der Waals surface area contributed by atoms with Gasteiger partial charge in [-0.3, -0.25) is 52.9 Å². The minimum atomic E-state index is -1.33. The molecule has 0 unspecified atom stereocenters. The van der Waals surface area contributed by atoms with Crippen LogP contribution < -0.4 is 43.4 Å². The smallest absolute Gasteiger partial charge is 0.326 e. The number of aliphatic imine (C=N–C) groups is 1. The van der Waals surface area contributed by atoms with Crippen LogP contribution in [-0.2, 0) is 73.4 Å². The Morgan fingerprint density at radius 1 is 0.689 bits per heavy atom. The molecule has 7 atom stereocenters. The molecule has 1 aromatic carbocycles. The number of fused-ring (bicyclic) bond motifs is 4. The topological polar surface area (TPSA) is 404 Å². The van der Waals surface area contributed by atoms with Crippen molar-refractivity contribution in [3.8, 4) is 0 Å². The van der Waals surface area contributed by atoms with Gasteiger partial charge in [-0.15, -0.1) is 13.1 Å². The van der Waals surface area contributed by atoms with Crippen molar-refractivity contribution in [3.63, 3.8) is 0 Å². The van der Waals surface area contributed by atoms with Gasteiger partial charge in [0.05, 0.1) is 26.2 Å². The maximum atomic E-state index is 14.5. The molecular formula is C57H82EuN15O15S2-3. The summed E-state index contributed by atoms with van der Waals surface area (Å²) in [7, 11) is 0. The standard InChI is InChI=1S/C57H82N15O15S2.Eu/c1-32(2)22-40(53(80)67-41(23-34-24-61-36-11-7-6-10-35(34)36)54(81)63-38(15-21-89-5)52(79)65-39(56(83)84)12-8-16-60-57(58)59)66-50(77)33(3)62-51(78)37(14-20-88-4)64-55(82)42-13-9-17-72(42)43(73)25-68-18-19-69-29-47(74)86-45(69)27-71-31-49(76)87-46(71)28-70-30-48(75)85-44(70)26-68;/h6-7,10-11,24,32-33,37-42,61H,8-9,12-23,25-31H2,1-5H3,(H,62,78)(H,63,81)(H,64,82)(H,65,79)(H,66,77)(H,67,80)(H,83,84)(H4,58,59,60);/q-3;/t33-,37-,38-,39-,40-,41-,42-;/m0./s1. The Balaban J connectivity index is 0.0000129. The number of aliphatic carboxylic acids is 1. The number of hydrogen-bond donors (Lipinski definition) is 10. The van der Waals surface area contributed by atoms with Crippen molar-refractivity contribution in [3.05, 3.63) is 54.7 Å². The molecule has 0 spiro atoms. The van der Waals surface area contributed by atoms with Gasteiger partial charge in [-0.05, 0) is 100.0 Å². The van der Waals surface area contributed by atoms with Gasteiger partial charge in [0.1, 0.15) is 42.3 Å². The van der Waals surface area contributed by atoms with Gasteiger partial charge in [0.15, 0.2) is 5.96 Å². The first-order valence-corrected chi connectivity index (χ1v) is 32.4. The second-order valence-electron chi connectivity index (χ2n) is 22.8. The normalized spacial score (nSPS) is 20.0. The van der Waals surface area contributed by atoms with Crippen LogP contribution in [0, 0.1) is 74.0 Å². The largest absolute Gasteiger partial charge is 0.617 e. The zero-order valence-corrected chi connectivity index (χ0v) is 55.1. The number of carbonyl (C=O) groups is 11. The number of thioether (sulfide) groups is 2. The second-order valence-corrected chi connectivity index (χ2v) is 24.7. The number of para-hydroxylation sites is 1. The van der Waals surface area contributed by atoms with Gasteiger partial charge >= 0.3 is 5.97 Å². The number of amides is 7. The number of ether oxygens (including phenoxy) is 3. The maximum Gasteiger partial charge on any atom is 0.326 e. The van der Waals surface area contributed by atoms with E-state index in [1.165, 1.54) is 35.3 Å². The van der Waals surface area contributed by atoms with Crippen LogP contribution in [0.5, 0.6) is 0 Å². The van der Waals surface area contributed by atoms with E-state index in [4.69, 9.17) is 25.7 Å². The van der Waals surface area contributed by atoms with E-state index < -0.39 is 108 Å². The molecule has 30 nitrogen and oxygen atoms in total. The number of hydrogen-bond acceptors (Lipinski definition) is 21. The van der Waals surface area contributed by atoms with Crippen LogP contribution in [0.15, 0.2) is 35.5 Å². The van der Waals surface area contributed by atoms with Gasteiger partial charge in [-0.25, -0.2) is 4.79 Å². The van der Waals surface area contributed by atoms with Crippen LogP contribution in [-0.4, -0.2) is 244 Å². The third-order valence-corrected chi connectivity index (χ3v) is 16.8. The van der Waals surface area contributed by atoms with Crippen LogP contribution in [0.1, 0.15) is 71.3 Å². The van der Waals surface area contributed by atoms with Gasteiger partial charge < -0.3 is 92.2 Å². The molecule has 5 aliphatic heterocycles. The van der Waals surface area contributed by atoms with Crippen LogP contribution in [0.3, 0.4) is 0 Å². The molecule has 497 valence electrons. The fourth-order valence-electron chi connectivity index (χ4n) is 10.9. The number of esters is 3. The number of carboxylic acids is 1. The van der Waals surface area contributed by atoms with Crippen LogP contribution in [0.2, 0.25) is 0 Å². The summed E-state index contributed by atoms with van der Waals surface area (Å²) in [5.41, 5.74) is 12.2. The zero-order chi connectivity index (χ0) is 64.5. The van der Waals surface area contributed by atoms with Crippen LogP contribution in [0.25, 0.3) is 10.9 Å². The molecule has 1 aromatic heterocycles. The predicted molar refractivity (Wildman–Crippen MR) is 326 cm³/mol. The van der Waals surface area contributed by atoms with Crippen LogP contribution >= 0.6 is 23.5 Å². The fourth-order valence-corrected chi connectivity index (χ4v) is 11.8. The molecule has 2 aromatic rings. The third kappa shape index (κ3) is 21.2. The number of aromatic nitrogens is 1. The monoisotopic (exact) mass is 1430 g/mol. The number of guanidine groups is 1. The average Bonchev–Trinajstić information content (AvgIpc) is 1.86. The van der Waals surface area contributed by atoms with Crippen molar-refractivity contribution < 1.29 is 121 Å².